The third-order valence-electron chi connectivity index (χ3n) is 5.02. The van der Waals surface area contributed by atoms with E-state index >= 15 is 0 Å². The zero-order chi connectivity index (χ0) is 17.7. The van der Waals surface area contributed by atoms with E-state index in [2.05, 4.69) is 34.2 Å². The molecule has 4 aromatic rings. The van der Waals surface area contributed by atoms with Crippen LogP contribution in [0.5, 0.6) is 0 Å². The van der Waals surface area contributed by atoms with Crippen LogP contribution in [-0.4, -0.2) is 32.2 Å². The van der Waals surface area contributed by atoms with Gasteiger partial charge in [0.1, 0.15) is 0 Å². The van der Waals surface area contributed by atoms with E-state index in [1.807, 2.05) is 41.9 Å². The number of benzene rings is 2. The second kappa shape index (κ2) is 5.52. The Bertz CT molecular complexity index is 1100. The van der Waals surface area contributed by atoms with Gasteiger partial charge in [0.25, 0.3) is 5.91 Å². The van der Waals surface area contributed by atoms with Gasteiger partial charge in [-0.2, -0.15) is 0 Å². The highest BCUT2D eigenvalue weighted by atomic mass is 16.2. The summed E-state index contributed by atoms with van der Waals surface area (Å²) in [4.78, 5) is 23.6. The van der Waals surface area contributed by atoms with Crippen LogP contribution in [0, 0.1) is 0 Å². The van der Waals surface area contributed by atoms with Crippen molar-refractivity contribution in [2.24, 2.45) is 0 Å². The number of hydrogen-bond donors (Lipinski definition) is 0. The summed E-state index contributed by atoms with van der Waals surface area (Å²) in [6.07, 6.45) is 6.91. The Balaban J connectivity index is 1.64. The summed E-state index contributed by atoms with van der Waals surface area (Å²) in [5, 5.41) is 0. The maximum absolute atomic E-state index is 13.3. The summed E-state index contributed by atoms with van der Waals surface area (Å²) in [5.41, 5.74) is 5.57. The van der Waals surface area contributed by atoms with Crippen LogP contribution in [0.1, 0.15) is 27.7 Å². The van der Waals surface area contributed by atoms with E-state index in [4.69, 9.17) is 0 Å². The number of carbonyl (C=O) groups is 1. The van der Waals surface area contributed by atoms with Crippen LogP contribution in [0.15, 0.2) is 73.3 Å². The molecule has 0 atom stereocenters. The fraction of sp³-hybridized carbons (Fsp3) is 0.0952. The molecule has 0 N–H and O–H groups in total. The molecule has 5 rings (SSSR count). The third kappa shape index (κ3) is 2.00. The van der Waals surface area contributed by atoms with Gasteiger partial charge < -0.3 is 9.30 Å². The molecule has 1 amide bonds. The fourth-order valence-corrected chi connectivity index (χ4v) is 3.84. The van der Waals surface area contributed by atoms with E-state index < -0.39 is 0 Å². The van der Waals surface area contributed by atoms with Crippen molar-refractivity contribution in [3.05, 3.63) is 90.1 Å². The van der Waals surface area contributed by atoms with Gasteiger partial charge in [-0.25, -0.2) is 9.97 Å². The Morgan fingerprint density at radius 1 is 0.923 bits per heavy atom. The van der Waals surface area contributed by atoms with Gasteiger partial charge in [0.05, 0.1) is 6.04 Å². The standard InChI is InChI=1S/C21H16N4O/c1-24(21(26)18-20-23-11-13-25(20)12-10-22-18)19-16-8-4-2-6-14(16)15-7-3-5-9-17(15)19/h2-13,19H,1H3. The zero-order valence-electron chi connectivity index (χ0n) is 14.2. The molecule has 0 radical (unpaired) electrons. The van der Waals surface area contributed by atoms with E-state index in [1.54, 1.807) is 23.5 Å². The molecule has 2 heterocycles. The van der Waals surface area contributed by atoms with Gasteiger partial charge in [-0.1, -0.05) is 48.5 Å². The summed E-state index contributed by atoms with van der Waals surface area (Å²) in [5.74, 6) is -0.140. The van der Waals surface area contributed by atoms with E-state index in [1.165, 1.54) is 11.1 Å². The van der Waals surface area contributed by atoms with Crippen molar-refractivity contribution in [3.63, 3.8) is 0 Å². The Morgan fingerprint density at radius 3 is 2.15 bits per heavy atom. The maximum atomic E-state index is 13.3. The largest absolute Gasteiger partial charge is 0.329 e. The second-order valence-electron chi connectivity index (χ2n) is 6.43. The molecular weight excluding hydrogens is 324 g/mol. The lowest BCUT2D eigenvalue weighted by molar-refractivity contribution is 0.0753. The lowest BCUT2D eigenvalue weighted by Gasteiger charge is -2.26. The van der Waals surface area contributed by atoms with Gasteiger partial charge in [0.15, 0.2) is 11.3 Å². The molecule has 0 saturated heterocycles. The number of aromatic nitrogens is 3. The number of nitrogens with zero attached hydrogens (tertiary/aromatic N) is 4. The molecule has 0 saturated carbocycles. The summed E-state index contributed by atoms with van der Waals surface area (Å²) in [6.45, 7) is 0. The smallest absolute Gasteiger partial charge is 0.276 e. The molecule has 1 aliphatic carbocycles. The minimum Gasteiger partial charge on any atom is -0.329 e. The lowest BCUT2D eigenvalue weighted by atomic mass is 10.0. The van der Waals surface area contributed by atoms with Gasteiger partial charge in [0.2, 0.25) is 0 Å². The van der Waals surface area contributed by atoms with Crippen molar-refractivity contribution in [1.29, 1.82) is 0 Å². The molecule has 0 spiro atoms. The van der Waals surface area contributed by atoms with Gasteiger partial charge in [-0.05, 0) is 22.3 Å². The van der Waals surface area contributed by atoms with Crippen molar-refractivity contribution in [3.8, 4) is 11.1 Å². The minimum absolute atomic E-state index is 0.132. The number of rotatable bonds is 2. The highest BCUT2D eigenvalue weighted by Crippen LogP contribution is 2.45. The Hall–Kier alpha value is -3.47. The number of hydrogen-bond acceptors (Lipinski definition) is 3. The first-order valence-corrected chi connectivity index (χ1v) is 8.49. The average molecular weight is 340 g/mol. The summed E-state index contributed by atoms with van der Waals surface area (Å²) < 4.78 is 1.81. The van der Waals surface area contributed by atoms with E-state index in [0.717, 1.165) is 11.1 Å². The van der Waals surface area contributed by atoms with Crippen LogP contribution in [0.3, 0.4) is 0 Å². The Morgan fingerprint density at radius 2 is 1.50 bits per heavy atom. The molecule has 26 heavy (non-hydrogen) atoms. The van der Waals surface area contributed by atoms with Crippen molar-refractivity contribution in [1.82, 2.24) is 19.3 Å². The van der Waals surface area contributed by atoms with E-state index in [9.17, 15) is 4.79 Å². The molecule has 5 heteroatoms. The van der Waals surface area contributed by atoms with Gasteiger partial charge >= 0.3 is 0 Å². The molecular formula is C21H16N4O. The molecule has 126 valence electrons. The normalized spacial score (nSPS) is 12.8. The number of carbonyl (C=O) groups excluding carboxylic acids is 1. The van der Waals surface area contributed by atoms with Gasteiger partial charge in [0, 0.05) is 31.8 Å². The quantitative estimate of drug-likeness (QED) is 0.560. The molecule has 2 aromatic carbocycles. The number of imidazole rings is 1. The predicted molar refractivity (Wildman–Crippen MR) is 98.8 cm³/mol. The van der Waals surface area contributed by atoms with Crippen LogP contribution in [0.25, 0.3) is 16.8 Å². The SMILES string of the molecule is CN(C(=O)c1nccn2ccnc12)C1c2ccccc2-c2ccccc21. The average Bonchev–Trinajstić information content (AvgIpc) is 3.29. The highest BCUT2D eigenvalue weighted by molar-refractivity contribution is 5.98. The van der Waals surface area contributed by atoms with Crippen molar-refractivity contribution >= 4 is 11.6 Å². The summed E-state index contributed by atoms with van der Waals surface area (Å²) >= 11 is 0. The summed E-state index contributed by atoms with van der Waals surface area (Å²) in [7, 11) is 1.83. The minimum atomic E-state index is -0.140. The second-order valence-corrected chi connectivity index (χ2v) is 6.43. The molecule has 0 bridgehead atoms. The molecule has 0 aliphatic heterocycles. The molecule has 2 aromatic heterocycles. The Kier molecular flexibility index (Phi) is 3.15. The predicted octanol–water partition coefficient (Wildman–Crippen LogP) is 3.57. The molecule has 5 nitrogen and oxygen atoms in total. The zero-order valence-corrected chi connectivity index (χ0v) is 14.2. The number of fused-ring (bicyclic) bond motifs is 4. The van der Waals surface area contributed by atoms with E-state index in [0.29, 0.717) is 11.3 Å². The van der Waals surface area contributed by atoms with Gasteiger partial charge in [-0.3, -0.25) is 4.79 Å². The van der Waals surface area contributed by atoms with Crippen molar-refractivity contribution in [2.45, 2.75) is 6.04 Å². The van der Waals surface area contributed by atoms with Crippen LogP contribution in [0.4, 0.5) is 0 Å². The molecule has 0 unspecified atom stereocenters. The van der Waals surface area contributed by atoms with Crippen LogP contribution < -0.4 is 0 Å². The Labute approximate surface area is 150 Å². The van der Waals surface area contributed by atoms with Crippen molar-refractivity contribution < 1.29 is 4.79 Å². The van der Waals surface area contributed by atoms with Gasteiger partial charge in [-0.15, -0.1) is 0 Å². The first-order chi connectivity index (χ1) is 12.8. The fourth-order valence-electron chi connectivity index (χ4n) is 3.84. The van der Waals surface area contributed by atoms with Crippen LogP contribution >= 0.6 is 0 Å². The highest BCUT2D eigenvalue weighted by Gasteiger charge is 2.34. The third-order valence-corrected chi connectivity index (χ3v) is 5.02. The topological polar surface area (TPSA) is 50.5 Å². The monoisotopic (exact) mass is 340 g/mol. The first-order valence-electron chi connectivity index (χ1n) is 8.49. The number of amides is 1. The van der Waals surface area contributed by atoms with Crippen molar-refractivity contribution in [2.75, 3.05) is 7.05 Å². The molecule has 0 fully saturated rings. The maximum Gasteiger partial charge on any atom is 0.276 e. The van der Waals surface area contributed by atoms with Crippen LogP contribution in [0.2, 0.25) is 0 Å². The molecule has 1 aliphatic rings. The lowest BCUT2D eigenvalue weighted by Crippen LogP contribution is -2.32. The van der Waals surface area contributed by atoms with Crippen LogP contribution in [-0.2, 0) is 0 Å². The van der Waals surface area contributed by atoms with E-state index in [-0.39, 0.29) is 11.9 Å². The summed E-state index contributed by atoms with van der Waals surface area (Å²) in [6, 6.07) is 16.4. The first kappa shape index (κ1) is 14.8.